The maximum atomic E-state index is 14.3. The summed E-state index contributed by atoms with van der Waals surface area (Å²) in [5.74, 6) is -0.160. The van der Waals surface area contributed by atoms with Crippen LogP contribution < -0.4 is 5.73 Å². The van der Waals surface area contributed by atoms with Crippen LogP contribution in [-0.4, -0.2) is 10.9 Å². The average molecular weight is 292 g/mol. The highest BCUT2D eigenvalue weighted by Gasteiger charge is 2.15. The van der Waals surface area contributed by atoms with Crippen molar-refractivity contribution < 1.29 is 4.39 Å². The lowest BCUT2D eigenvalue weighted by molar-refractivity contribution is 0.203. The van der Waals surface area contributed by atoms with E-state index in [1.54, 1.807) is 17.4 Å². The van der Waals surface area contributed by atoms with E-state index >= 15 is 0 Å². The van der Waals surface area contributed by atoms with Crippen LogP contribution in [-0.2, 0) is 19.6 Å². The molecule has 1 heterocycles. The van der Waals surface area contributed by atoms with Crippen molar-refractivity contribution >= 4 is 11.3 Å². The maximum Gasteiger partial charge on any atom is 0.132 e. The van der Waals surface area contributed by atoms with E-state index in [2.05, 4.69) is 30.2 Å². The van der Waals surface area contributed by atoms with Crippen molar-refractivity contribution in [2.45, 2.75) is 39.5 Å². The van der Waals surface area contributed by atoms with Crippen LogP contribution in [0.25, 0.3) is 0 Å². The molecule has 2 nitrogen and oxygen atoms in total. The Hall–Kier alpha value is -1.23. The Bertz CT molecular complexity index is 537. The van der Waals surface area contributed by atoms with Crippen LogP contribution in [0.1, 0.15) is 29.9 Å². The van der Waals surface area contributed by atoms with E-state index in [1.165, 1.54) is 4.88 Å². The summed E-state index contributed by atoms with van der Waals surface area (Å²) in [6.07, 6.45) is 0. The van der Waals surface area contributed by atoms with Gasteiger partial charge in [-0.1, -0.05) is 24.3 Å². The van der Waals surface area contributed by atoms with Gasteiger partial charge in [-0.3, -0.25) is 4.90 Å². The van der Waals surface area contributed by atoms with Crippen molar-refractivity contribution in [1.29, 1.82) is 0 Å². The van der Waals surface area contributed by atoms with Crippen molar-refractivity contribution in [2.24, 2.45) is 5.73 Å². The Morgan fingerprint density at radius 1 is 1.15 bits per heavy atom. The second-order valence-corrected chi connectivity index (χ2v) is 6.20. The Morgan fingerprint density at radius 3 is 2.50 bits per heavy atom. The molecule has 0 unspecified atom stereocenters. The second-order valence-electron chi connectivity index (χ2n) is 5.17. The molecule has 0 atom stereocenters. The summed E-state index contributed by atoms with van der Waals surface area (Å²) in [5, 5.41) is 2.07. The molecule has 0 saturated heterocycles. The van der Waals surface area contributed by atoms with Crippen LogP contribution in [0.2, 0.25) is 0 Å². The lowest BCUT2D eigenvalue weighted by Gasteiger charge is -2.26. The third-order valence-electron chi connectivity index (χ3n) is 3.42. The molecule has 1 aromatic carbocycles. The Labute approximate surface area is 124 Å². The van der Waals surface area contributed by atoms with Gasteiger partial charge in [0.25, 0.3) is 0 Å². The number of benzene rings is 1. The van der Waals surface area contributed by atoms with Crippen molar-refractivity contribution in [2.75, 3.05) is 0 Å². The summed E-state index contributed by atoms with van der Waals surface area (Å²) < 4.78 is 14.3. The Morgan fingerprint density at radius 2 is 1.90 bits per heavy atom. The van der Waals surface area contributed by atoms with Gasteiger partial charge in [-0.15, -0.1) is 11.3 Å². The van der Waals surface area contributed by atoms with Gasteiger partial charge in [0, 0.05) is 41.7 Å². The SMILES string of the molecule is CC(C)N(Cc1cccs1)Cc1cccc(CN)c1F. The highest BCUT2D eigenvalue weighted by molar-refractivity contribution is 7.09. The monoisotopic (exact) mass is 292 g/mol. The molecule has 0 amide bonds. The number of rotatable bonds is 6. The van der Waals surface area contributed by atoms with E-state index in [1.807, 2.05) is 18.2 Å². The van der Waals surface area contributed by atoms with Crippen molar-refractivity contribution in [3.8, 4) is 0 Å². The van der Waals surface area contributed by atoms with Crippen LogP contribution in [0.15, 0.2) is 35.7 Å². The zero-order chi connectivity index (χ0) is 14.5. The largest absolute Gasteiger partial charge is 0.326 e. The highest BCUT2D eigenvalue weighted by Crippen LogP contribution is 2.19. The van der Waals surface area contributed by atoms with E-state index in [-0.39, 0.29) is 12.4 Å². The summed E-state index contributed by atoms with van der Waals surface area (Å²) in [5.41, 5.74) is 6.87. The van der Waals surface area contributed by atoms with Crippen LogP contribution in [0.4, 0.5) is 4.39 Å². The third-order valence-corrected chi connectivity index (χ3v) is 4.28. The lowest BCUT2D eigenvalue weighted by atomic mass is 10.1. The molecule has 20 heavy (non-hydrogen) atoms. The summed E-state index contributed by atoms with van der Waals surface area (Å²) >= 11 is 1.74. The Balaban J connectivity index is 2.16. The van der Waals surface area contributed by atoms with E-state index in [4.69, 9.17) is 5.73 Å². The predicted octanol–water partition coefficient (Wildman–Crippen LogP) is 3.76. The number of nitrogens with zero attached hydrogens (tertiary/aromatic N) is 1. The summed E-state index contributed by atoms with van der Waals surface area (Å²) in [7, 11) is 0. The fourth-order valence-corrected chi connectivity index (χ4v) is 2.88. The molecule has 0 fully saturated rings. The Kier molecular flexibility index (Phi) is 5.29. The molecule has 2 rings (SSSR count). The summed E-state index contributed by atoms with van der Waals surface area (Å²) in [6.45, 7) is 5.97. The minimum atomic E-state index is -0.160. The zero-order valence-corrected chi connectivity index (χ0v) is 12.8. The predicted molar refractivity (Wildman–Crippen MR) is 83.0 cm³/mol. The molecule has 0 saturated carbocycles. The topological polar surface area (TPSA) is 29.3 Å². The van der Waals surface area contributed by atoms with E-state index < -0.39 is 0 Å². The fraction of sp³-hybridized carbons (Fsp3) is 0.375. The molecular formula is C16H21FN2S. The molecule has 0 radical (unpaired) electrons. The molecule has 4 heteroatoms. The third kappa shape index (κ3) is 3.66. The zero-order valence-electron chi connectivity index (χ0n) is 12.0. The first kappa shape index (κ1) is 15.2. The minimum absolute atomic E-state index is 0.160. The van der Waals surface area contributed by atoms with Gasteiger partial charge in [0.05, 0.1) is 0 Å². The van der Waals surface area contributed by atoms with Gasteiger partial charge in [-0.05, 0) is 25.3 Å². The molecule has 0 spiro atoms. The van der Waals surface area contributed by atoms with Gasteiger partial charge >= 0.3 is 0 Å². The van der Waals surface area contributed by atoms with Gasteiger partial charge in [0.1, 0.15) is 5.82 Å². The van der Waals surface area contributed by atoms with Gasteiger partial charge < -0.3 is 5.73 Å². The molecule has 0 aliphatic rings. The minimum Gasteiger partial charge on any atom is -0.326 e. The molecule has 0 aliphatic heterocycles. The van der Waals surface area contributed by atoms with Gasteiger partial charge in [-0.2, -0.15) is 0 Å². The molecular weight excluding hydrogens is 271 g/mol. The van der Waals surface area contributed by atoms with Crippen LogP contribution in [0.5, 0.6) is 0 Å². The van der Waals surface area contributed by atoms with Crippen molar-refractivity contribution in [3.05, 3.63) is 57.5 Å². The molecule has 2 N–H and O–H groups in total. The number of thiophene rings is 1. The van der Waals surface area contributed by atoms with E-state index in [9.17, 15) is 4.39 Å². The van der Waals surface area contributed by atoms with E-state index in [0.717, 1.165) is 12.1 Å². The van der Waals surface area contributed by atoms with Crippen molar-refractivity contribution in [1.82, 2.24) is 4.90 Å². The van der Waals surface area contributed by atoms with Crippen LogP contribution >= 0.6 is 11.3 Å². The van der Waals surface area contributed by atoms with Crippen LogP contribution in [0, 0.1) is 5.82 Å². The molecule has 108 valence electrons. The van der Waals surface area contributed by atoms with E-state index in [0.29, 0.717) is 18.2 Å². The van der Waals surface area contributed by atoms with Gasteiger partial charge in [-0.25, -0.2) is 4.39 Å². The molecule has 1 aromatic heterocycles. The van der Waals surface area contributed by atoms with Gasteiger partial charge in [0.15, 0.2) is 0 Å². The van der Waals surface area contributed by atoms with Crippen molar-refractivity contribution in [3.63, 3.8) is 0 Å². The first-order chi connectivity index (χ1) is 9.61. The number of nitrogens with two attached hydrogens (primary N) is 1. The fourth-order valence-electron chi connectivity index (χ4n) is 2.16. The maximum absolute atomic E-state index is 14.3. The number of hydrogen-bond donors (Lipinski definition) is 1. The highest BCUT2D eigenvalue weighted by atomic mass is 32.1. The summed E-state index contributed by atoms with van der Waals surface area (Å²) in [4.78, 5) is 3.57. The number of hydrogen-bond acceptors (Lipinski definition) is 3. The second kappa shape index (κ2) is 6.97. The lowest BCUT2D eigenvalue weighted by Crippen LogP contribution is -2.30. The molecule has 2 aromatic rings. The summed E-state index contributed by atoms with van der Waals surface area (Å²) in [6, 6.07) is 10.00. The quantitative estimate of drug-likeness (QED) is 0.878. The standard InChI is InChI=1S/C16H21FN2S/c1-12(2)19(11-15-7-4-8-20-15)10-14-6-3-5-13(9-18)16(14)17/h3-8,12H,9-11,18H2,1-2H3. The normalized spacial score (nSPS) is 11.5. The molecule has 0 bridgehead atoms. The smallest absolute Gasteiger partial charge is 0.132 e. The van der Waals surface area contributed by atoms with Gasteiger partial charge in [0.2, 0.25) is 0 Å². The molecule has 0 aliphatic carbocycles. The van der Waals surface area contributed by atoms with Crippen LogP contribution in [0.3, 0.4) is 0 Å². The first-order valence-electron chi connectivity index (χ1n) is 6.84. The average Bonchev–Trinajstić information content (AvgIpc) is 2.93. The first-order valence-corrected chi connectivity index (χ1v) is 7.72. The number of halogens is 1.